The molecule has 0 aliphatic carbocycles. The molecule has 0 aliphatic rings. The standard InChI is InChI=1S/C18H18ClN3O/c1-4-9-22-13(3)12(2)16-10-20-21-18(17(16)22)23-11-14-5-7-15(19)8-6-14/h4-8,10H,1,9,11H2,2-3H3. The number of rotatable bonds is 5. The summed E-state index contributed by atoms with van der Waals surface area (Å²) in [5, 5.41) is 10.0. The van der Waals surface area contributed by atoms with Gasteiger partial charge in [0.25, 0.3) is 5.88 Å². The number of hydrogen-bond acceptors (Lipinski definition) is 3. The molecule has 3 rings (SSSR count). The maximum absolute atomic E-state index is 5.93. The highest BCUT2D eigenvalue weighted by molar-refractivity contribution is 6.30. The van der Waals surface area contributed by atoms with Gasteiger partial charge in [-0.1, -0.05) is 29.8 Å². The Morgan fingerprint density at radius 1 is 1.26 bits per heavy atom. The summed E-state index contributed by atoms with van der Waals surface area (Å²) in [7, 11) is 0. The SMILES string of the molecule is C=CCn1c(C)c(C)c2cnnc(OCc3ccc(Cl)cc3)c21. The highest BCUT2D eigenvalue weighted by atomic mass is 35.5. The monoisotopic (exact) mass is 327 g/mol. The van der Waals surface area contributed by atoms with Crippen molar-refractivity contribution in [3.63, 3.8) is 0 Å². The second-order valence-corrected chi connectivity index (χ2v) is 5.87. The average molecular weight is 328 g/mol. The van der Waals surface area contributed by atoms with Gasteiger partial charge < -0.3 is 9.30 Å². The van der Waals surface area contributed by atoms with Crippen molar-refractivity contribution < 1.29 is 4.74 Å². The highest BCUT2D eigenvalue weighted by Crippen LogP contribution is 2.30. The molecule has 0 N–H and O–H groups in total. The Morgan fingerprint density at radius 3 is 2.70 bits per heavy atom. The lowest BCUT2D eigenvalue weighted by molar-refractivity contribution is 0.293. The minimum absolute atomic E-state index is 0.419. The van der Waals surface area contributed by atoms with E-state index >= 15 is 0 Å². The first-order valence-corrected chi connectivity index (χ1v) is 7.79. The number of nitrogens with zero attached hydrogens (tertiary/aromatic N) is 3. The van der Waals surface area contributed by atoms with Gasteiger partial charge in [0, 0.05) is 22.6 Å². The summed E-state index contributed by atoms with van der Waals surface area (Å²) in [4.78, 5) is 0. The van der Waals surface area contributed by atoms with Crippen LogP contribution in [0.2, 0.25) is 5.02 Å². The lowest BCUT2D eigenvalue weighted by atomic mass is 10.2. The third kappa shape index (κ3) is 2.94. The number of ether oxygens (including phenoxy) is 1. The second-order valence-electron chi connectivity index (χ2n) is 5.44. The number of fused-ring (bicyclic) bond motifs is 1. The molecule has 2 heterocycles. The van der Waals surface area contributed by atoms with Crippen LogP contribution in [0.1, 0.15) is 16.8 Å². The van der Waals surface area contributed by atoms with Crippen LogP contribution in [0.25, 0.3) is 10.9 Å². The Bertz CT molecular complexity index is 853. The summed E-state index contributed by atoms with van der Waals surface area (Å²) < 4.78 is 8.08. The van der Waals surface area contributed by atoms with E-state index in [0.29, 0.717) is 24.1 Å². The summed E-state index contributed by atoms with van der Waals surface area (Å²) in [6.07, 6.45) is 3.65. The molecule has 0 amide bonds. The van der Waals surface area contributed by atoms with Crippen LogP contribution in [-0.2, 0) is 13.2 Å². The third-order valence-electron chi connectivity index (χ3n) is 4.02. The molecule has 0 saturated carbocycles. The van der Waals surface area contributed by atoms with Gasteiger partial charge in [-0.2, -0.15) is 5.10 Å². The molecule has 0 spiro atoms. The van der Waals surface area contributed by atoms with E-state index in [1.54, 1.807) is 6.20 Å². The van der Waals surface area contributed by atoms with Gasteiger partial charge in [0.2, 0.25) is 0 Å². The van der Waals surface area contributed by atoms with Crippen LogP contribution in [0.3, 0.4) is 0 Å². The predicted octanol–water partition coefficient (Wildman–Crippen LogP) is 4.47. The first-order valence-electron chi connectivity index (χ1n) is 7.41. The molecule has 0 aliphatic heterocycles. The van der Waals surface area contributed by atoms with Crippen molar-refractivity contribution in [2.24, 2.45) is 0 Å². The molecule has 23 heavy (non-hydrogen) atoms. The molecule has 0 radical (unpaired) electrons. The summed E-state index contributed by atoms with van der Waals surface area (Å²) in [6, 6.07) is 7.58. The Morgan fingerprint density at radius 2 is 2.00 bits per heavy atom. The van der Waals surface area contributed by atoms with Gasteiger partial charge in [-0.15, -0.1) is 11.7 Å². The summed E-state index contributed by atoms with van der Waals surface area (Å²) >= 11 is 5.91. The largest absolute Gasteiger partial charge is 0.470 e. The van der Waals surface area contributed by atoms with E-state index in [0.717, 1.165) is 16.5 Å². The predicted molar refractivity (Wildman–Crippen MR) is 93.0 cm³/mol. The molecule has 2 aromatic heterocycles. The van der Waals surface area contributed by atoms with Crippen LogP contribution < -0.4 is 4.74 Å². The number of benzene rings is 1. The second kappa shape index (κ2) is 6.42. The zero-order chi connectivity index (χ0) is 16.4. The van der Waals surface area contributed by atoms with E-state index in [4.69, 9.17) is 16.3 Å². The van der Waals surface area contributed by atoms with Crippen molar-refractivity contribution in [2.45, 2.75) is 27.0 Å². The van der Waals surface area contributed by atoms with Gasteiger partial charge in [0.15, 0.2) is 0 Å². The molecule has 0 atom stereocenters. The van der Waals surface area contributed by atoms with Crippen molar-refractivity contribution in [1.29, 1.82) is 0 Å². The van der Waals surface area contributed by atoms with Crippen LogP contribution in [-0.4, -0.2) is 14.8 Å². The normalized spacial score (nSPS) is 10.9. The Labute approximate surface area is 140 Å². The van der Waals surface area contributed by atoms with E-state index in [2.05, 4.69) is 35.2 Å². The molecule has 0 unspecified atom stereocenters. The van der Waals surface area contributed by atoms with Gasteiger partial charge in [0.05, 0.1) is 6.20 Å². The van der Waals surface area contributed by atoms with Crippen LogP contribution in [0.5, 0.6) is 5.88 Å². The summed E-state index contributed by atoms with van der Waals surface area (Å²) in [6.45, 7) is 9.13. The van der Waals surface area contributed by atoms with Gasteiger partial charge in [-0.25, -0.2) is 0 Å². The number of allylic oxidation sites excluding steroid dienone is 1. The smallest absolute Gasteiger partial charge is 0.258 e. The summed E-state index contributed by atoms with van der Waals surface area (Å²) in [5.74, 6) is 0.538. The fraction of sp³-hybridized carbons (Fsp3) is 0.222. The van der Waals surface area contributed by atoms with Crippen LogP contribution in [0.15, 0.2) is 43.1 Å². The maximum Gasteiger partial charge on any atom is 0.258 e. The third-order valence-corrected chi connectivity index (χ3v) is 4.27. The van der Waals surface area contributed by atoms with Crippen molar-refractivity contribution in [1.82, 2.24) is 14.8 Å². The number of aromatic nitrogens is 3. The van der Waals surface area contributed by atoms with Crippen molar-refractivity contribution in [2.75, 3.05) is 0 Å². The van der Waals surface area contributed by atoms with Crippen LogP contribution >= 0.6 is 11.6 Å². The quantitative estimate of drug-likeness (QED) is 0.649. The van der Waals surface area contributed by atoms with E-state index in [-0.39, 0.29) is 0 Å². The number of hydrogen-bond donors (Lipinski definition) is 0. The molecule has 5 heteroatoms. The van der Waals surface area contributed by atoms with Gasteiger partial charge >= 0.3 is 0 Å². The van der Waals surface area contributed by atoms with Crippen molar-refractivity contribution in [3.8, 4) is 5.88 Å². The van der Waals surface area contributed by atoms with E-state index in [1.807, 2.05) is 30.3 Å². The highest BCUT2D eigenvalue weighted by Gasteiger charge is 2.16. The molecule has 0 fully saturated rings. The van der Waals surface area contributed by atoms with Gasteiger partial charge in [-0.05, 0) is 37.1 Å². The zero-order valence-corrected chi connectivity index (χ0v) is 14.0. The summed E-state index contributed by atoms with van der Waals surface area (Å²) in [5.41, 5.74) is 4.35. The number of halogens is 1. The fourth-order valence-corrected chi connectivity index (χ4v) is 2.78. The first kappa shape index (κ1) is 15.6. The average Bonchev–Trinajstić information content (AvgIpc) is 2.80. The molecule has 1 aromatic carbocycles. The Hall–Kier alpha value is -2.33. The van der Waals surface area contributed by atoms with Gasteiger partial charge in [0.1, 0.15) is 12.1 Å². The molecule has 118 valence electrons. The lowest BCUT2D eigenvalue weighted by Gasteiger charge is -2.09. The van der Waals surface area contributed by atoms with Crippen LogP contribution in [0.4, 0.5) is 0 Å². The van der Waals surface area contributed by atoms with E-state index in [9.17, 15) is 0 Å². The molecule has 0 saturated heterocycles. The minimum atomic E-state index is 0.419. The minimum Gasteiger partial charge on any atom is -0.470 e. The number of aryl methyl sites for hydroxylation is 1. The Kier molecular flexibility index (Phi) is 4.35. The molecular formula is C18H18ClN3O. The van der Waals surface area contributed by atoms with Crippen molar-refractivity contribution >= 4 is 22.5 Å². The maximum atomic E-state index is 5.93. The first-order chi connectivity index (χ1) is 11.1. The topological polar surface area (TPSA) is 39.9 Å². The van der Waals surface area contributed by atoms with E-state index < -0.39 is 0 Å². The molecule has 3 aromatic rings. The van der Waals surface area contributed by atoms with Crippen LogP contribution in [0, 0.1) is 13.8 Å². The molecule has 4 nitrogen and oxygen atoms in total. The van der Waals surface area contributed by atoms with Crippen molar-refractivity contribution in [3.05, 3.63) is 65.0 Å². The van der Waals surface area contributed by atoms with E-state index in [1.165, 1.54) is 11.3 Å². The lowest BCUT2D eigenvalue weighted by Crippen LogP contribution is -2.03. The molecular weight excluding hydrogens is 310 g/mol. The molecule has 0 bridgehead atoms. The zero-order valence-electron chi connectivity index (χ0n) is 13.2. The Balaban J connectivity index is 1.98. The fourth-order valence-electron chi connectivity index (χ4n) is 2.65. The van der Waals surface area contributed by atoms with Gasteiger partial charge in [-0.3, -0.25) is 0 Å².